The molecule has 0 saturated carbocycles. The summed E-state index contributed by atoms with van der Waals surface area (Å²) in [5.74, 6) is -1.56. The van der Waals surface area contributed by atoms with E-state index in [1.807, 2.05) is 0 Å². The van der Waals surface area contributed by atoms with Crippen molar-refractivity contribution >= 4 is 40.4 Å². The number of nitrogens with zero attached hydrogens (tertiary/aromatic N) is 4. The van der Waals surface area contributed by atoms with Crippen LogP contribution < -0.4 is 10.3 Å². The first-order chi connectivity index (χ1) is 20.9. The number of nitro groups is 1. The number of carboxylic acids is 1. The molecule has 222 valence electrons. The third kappa shape index (κ3) is 6.27. The zero-order chi connectivity index (χ0) is 31.6. The molecule has 1 N–H and O–H groups in total. The molecule has 0 spiro atoms. The molecule has 0 atom stereocenters. The van der Waals surface area contributed by atoms with Gasteiger partial charge in [-0.05, 0) is 48.0 Å². The van der Waals surface area contributed by atoms with Gasteiger partial charge in [-0.2, -0.15) is 22.9 Å². The number of benzene rings is 4. The zero-order valence-electron chi connectivity index (χ0n) is 22.2. The third-order valence-corrected chi connectivity index (χ3v) is 6.63. The van der Waals surface area contributed by atoms with Gasteiger partial charge >= 0.3 is 17.8 Å². The molecule has 0 aliphatic carbocycles. The number of alkyl halides is 3. The predicted octanol–water partition coefficient (Wildman–Crippen LogP) is 6.80. The quantitative estimate of drug-likeness (QED) is 0.114. The lowest BCUT2D eigenvalue weighted by atomic mass is 10.1. The average molecular weight is 623 g/mol. The van der Waals surface area contributed by atoms with Gasteiger partial charge in [0.15, 0.2) is 5.82 Å². The van der Waals surface area contributed by atoms with E-state index in [9.17, 15) is 32.9 Å². The first-order valence-electron chi connectivity index (χ1n) is 12.6. The number of fused-ring (bicyclic) bond motifs is 1. The van der Waals surface area contributed by atoms with Crippen molar-refractivity contribution in [1.29, 1.82) is 0 Å². The fourth-order valence-electron chi connectivity index (χ4n) is 4.23. The van der Waals surface area contributed by atoms with Gasteiger partial charge in [0.05, 0.1) is 38.2 Å². The lowest BCUT2D eigenvalue weighted by Gasteiger charge is -2.12. The van der Waals surface area contributed by atoms with Crippen LogP contribution in [0.3, 0.4) is 0 Å². The van der Waals surface area contributed by atoms with E-state index in [-0.39, 0.29) is 50.8 Å². The van der Waals surface area contributed by atoms with Crippen molar-refractivity contribution in [2.75, 3.05) is 0 Å². The van der Waals surface area contributed by atoms with Crippen molar-refractivity contribution in [3.8, 4) is 17.1 Å². The molecule has 1 aromatic heterocycles. The second-order valence-corrected chi connectivity index (χ2v) is 9.70. The van der Waals surface area contributed by atoms with Crippen LogP contribution >= 0.6 is 11.6 Å². The molecule has 14 heteroatoms. The first-order valence-corrected chi connectivity index (χ1v) is 13.0. The summed E-state index contributed by atoms with van der Waals surface area (Å²) in [7, 11) is 0. The van der Waals surface area contributed by atoms with E-state index < -0.39 is 33.9 Å². The normalized spacial score (nSPS) is 11.6. The Morgan fingerprint density at radius 3 is 2.48 bits per heavy atom. The van der Waals surface area contributed by atoms with E-state index in [2.05, 4.69) is 10.1 Å². The van der Waals surface area contributed by atoms with Gasteiger partial charge in [-0.15, -0.1) is 0 Å². The van der Waals surface area contributed by atoms with Gasteiger partial charge in [0.2, 0.25) is 5.75 Å². The molecule has 0 saturated heterocycles. The molecule has 10 nitrogen and oxygen atoms in total. The number of hydrogen-bond donors (Lipinski definition) is 1. The Kier molecular flexibility index (Phi) is 8.14. The number of para-hydroxylation sites is 1. The monoisotopic (exact) mass is 622 g/mol. The highest BCUT2D eigenvalue weighted by molar-refractivity contribution is 6.32. The summed E-state index contributed by atoms with van der Waals surface area (Å²) in [6, 6.07) is 18.5. The van der Waals surface area contributed by atoms with Crippen LogP contribution in [0.5, 0.6) is 5.75 Å². The largest absolute Gasteiger partial charge is 0.481 e. The fraction of sp³-hybridized carbons (Fsp3) is 0.0667. The molecule has 1 heterocycles. The Balaban J connectivity index is 1.54. The van der Waals surface area contributed by atoms with Gasteiger partial charge in [-0.1, -0.05) is 48.0 Å². The van der Waals surface area contributed by atoms with Crippen molar-refractivity contribution in [1.82, 2.24) is 9.66 Å². The van der Waals surface area contributed by atoms with Gasteiger partial charge in [0.25, 0.3) is 5.56 Å². The van der Waals surface area contributed by atoms with Crippen molar-refractivity contribution in [2.45, 2.75) is 12.8 Å². The maximum atomic E-state index is 13.4. The van der Waals surface area contributed by atoms with Gasteiger partial charge in [-0.25, -0.2) is 9.78 Å². The van der Waals surface area contributed by atoms with E-state index in [1.165, 1.54) is 54.6 Å². The highest BCUT2D eigenvalue weighted by Crippen LogP contribution is 2.37. The maximum Gasteiger partial charge on any atom is 0.416 e. The molecule has 0 bridgehead atoms. The smallest absolute Gasteiger partial charge is 0.416 e. The zero-order valence-corrected chi connectivity index (χ0v) is 22.9. The summed E-state index contributed by atoms with van der Waals surface area (Å²) in [6.07, 6.45) is -3.56. The topological polar surface area (TPSA) is 137 Å². The molecule has 5 rings (SSSR count). The summed E-state index contributed by atoms with van der Waals surface area (Å²) in [6.45, 7) is -0.160. The first kappa shape index (κ1) is 29.9. The molecule has 0 radical (unpaired) electrons. The molecule has 0 fully saturated rings. The van der Waals surface area contributed by atoms with Gasteiger partial charge < -0.3 is 9.84 Å². The minimum Gasteiger partial charge on any atom is -0.481 e. The van der Waals surface area contributed by atoms with Crippen molar-refractivity contribution < 1.29 is 32.7 Å². The van der Waals surface area contributed by atoms with Crippen LogP contribution in [-0.2, 0) is 12.8 Å². The Bertz CT molecular complexity index is 2010. The molecule has 0 aliphatic heterocycles. The lowest BCUT2D eigenvalue weighted by molar-refractivity contribution is -0.385. The van der Waals surface area contributed by atoms with Crippen LogP contribution in [0.2, 0.25) is 5.02 Å². The average Bonchev–Trinajstić information content (AvgIpc) is 2.99. The molecular weight excluding hydrogens is 605 g/mol. The number of ether oxygens (including phenoxy) is 1. The number of aromatic carboxylic acids is 1. The van der Waals surface area contributed by atoms with Gasteiger partial charge in [-0.3, -0.25) is 14.9 Å². The molecular formula is C30H18ClF3N4O6. The van der Waals surface area contributed by atoms with Crippen LogP contribution in [0.15, 0.2) is 94.8 Å². The maximum absolute atomic E-state index is 13.4. The van der Waals surface area contributed by atoms with Crippen LogP contribution in [0, 0.1) is 10.1 Å². The summed E-state index contributed by atoms with van der Waals surface area (Å²) >= 11 is 6.33. The summed E-state index contributed by atoms with van der Waals surface area (Å²) in [4.78, 5) is 40.0. The van der Waals surface area contributed by atoms with Gasteiger partial charge in [0.1, 0.15) is 6.61 Å². The van der Waals surface area contributed by atoms with E-state index in [0.717, 1.165) is 29.1 Å². The number of hydrogen-bond acceptors (Lipinski definition) is 7. The van der Waals surface area contributed by atoms with Crippen molar-refractivity contribution in [3.63, 3.8) is 0 Å². The second-order valence-electron chi connectivity index (χ2n) is 9.29. The standard InChI is InChI=1S/C30H18ClF3N4O6/c31-23-12-18(13-25(38(42)43)26(23)44-16-17-8-10-19(11-9-17)29(40)41)15-35-37-27(20-4-3-5-21(14-20)30(32,33)34)36-24-7-2-1-6-22(24)28(37)39/h1-15H,16H2,(H,40,41). The Labute approximate surface area is 250 Å². The van der Waals surface area contributed by atoms with E-state index in [0.29, 0.717) is 5.56 Å². The summed E-state index contributed by atoms with van der Waals surface area (Å²) in [5, 5.41) is 25.0. The van der Waals surface area contributed by atoms with Crippen LogP contribution in [0.1, 0.15) is 27.0 Å². The van der Waals surface area contributed by atoms with E-state index in [1.54, 1.807) is 12.1 Å². The number of nitro benzene ring substituents is 1. The van der Waals surface area contributed by atoms with Crippen LogP contribution in [-0.4, -0.2) is 31.9 Å². The number of carbonyl (C=O) groups is 1. The Hall–Kier alpha value is -5.56. The van der Waals surface area contributed by atoms with Crippen LogP contribution in [0.4, 0.5) is 18.9 Å². The Morgan fingerprint density at radius 2 is 1.80 bits per heavy atom. The van der Waals surface area contributed by atoms with Gasteiger partial charge in [0, 0.05) is 17.2 Å². The summed E-state index contributed by atoms with van der Waals surface area (Å²) < 4.78 is 46.7. The van der Waals surface area contributed by atoms with Crippen molar-refractivity contribution in [2.24, 2.45) is 5.10 Å². The number of aromatic nitrogens is 2. The molecule has 4 aromatic carbocycles. The molecule has 0 amide bonds. The number of rotatable bonds is 8. The predicted molar refractivity (Wildman–Crippen MR) is 155 cm³/mol. The van der Waals surface area contributed by atoms with E-state index in [4.69, 9.17) is 21.4 Å². The minimum atomic E-state index is -4.65. The lowest BCUT2D eigenvalue weighted by Crippen LogP contribution is -2.20. The molecule has 5 aromatic rings. The highest BCUT2D eigenvalue weighted by Gasteiger charge is 2.31. The van der Waals surface area contributed by atoms with Crippen LogP contribution in [0.25, 0.3) is 22.3 Å². The fourth-order valence-corrected chi connectivity index (χ4v) is 4.51. The number of carboxylic acid groups (broad SMARTS) is 1. The van der Waals surface area contributed by atoms with Crippen molar-refractivity contribution in [3.05, 3.63) is 133 Å². The highest BCUT2D eigenvalue weighted by atomic mass is 35.5. The molecule has 0 unspecified atom stereocenters. The number of halogens is 4. The molecule has 0 aliphatic rings. The summed E-state index contributed by atoms with van der Waals surface area (Å²) in [5.41, 5.74) is -1.32. The molecule has 44 heavy (non-hydrogen) atoms. The Morgan fingerprint density at radius 1 is 1.07 bits per heavy atom. The second kappa shape index (κ2) is 12.0. The SMILES string of the molecule is O=C(O)c1ccc(COc2c(Cl)cc(C=Nn3c(-c4cccc(C(F)(F)F)c4)nc4ccccc4c3=O)cc2[N+](=O)[O-])cc1. The van der Waals surface area contributed by atoms with E-state index >= 15 is 0 Å². The third-order valence-electron chi connectivity index (χ3n) is 6.35. The minimum absolute atomic E-state index is 0.0380.